The Morgan fingerprint density at radius 2 is 1.43 bits per heavy atom. The Labute approximate surface area is 280 Å². The zero-order chi connectivity index (χ0) is 34.7. The van der Waals surface area contributed by atoms with E-state index >= 15 is 0 Å². The number of aliphatic hydroxyl groups is 1. The van der Waals surface area contributed by atoms with Crippen LogP contribution < -0.4 is 5.32 Å². The summed E-state index contributed by atoms with van der Waals surface area (Å²) in [5, 5.41) is 11.7. The molecule has 1 amide bonds. The third-order valence-corrected chi connectivity index (χ3v) is 9.00. The van der Waals surface area contributed by atoms with Crippen molar-refractivity contribution < 1.29 is 46.1 Å². The van der Waals surface area contributed by atoms with E-state index in [1.807, 2.05) is 54.6 Å². The molecule has 4 atom stereocenters. The highest BCUT2D eigenvalue weighted by molar-refractivity contribution is 5.94. The molecule has 4 unspecified atom stereocenters. The minimum absolute atomic E-state index is 0.0377. The van der Waals surface area contributed by atoms with Crippen LogP contribution in [0, 0.1) is 35.0 Å². The van der Waals surface area contributed by atoms with Gasteiger partial charge in [-0.05, 0) is 33.9 Å². The van der Waals surface area contributed by atoms with Gasteiger partial charge in [-0.2, -0.15) is 0 Å². The number of amides is 1. The zero-order valence-corrected chi connectivity index (χ0v) is 26.6. The van der Waals surface area contributed by atoms with E-state index in [9.17, 15) is 31.9 Å². The summed E-state index contributed by atoms with van der Waals surface area (Å²) in [6.45, 7) is 5.56. The fourth-order valence-electron chi connectivity index (χ4n) is 6.13. The fraction of sp³-hybridized carbons (Fsp3) is 0.324. The Morgan fingerprint density at radius 1 is 0.796 bits per heavy atom. The molecule has 2 fully saturated rings. The highest BCUT2D eigenvalue weighted by Crippen LogP contribution is 2.42. The summed E-state index contributed by atoms with van der Waals surface area (Å²) < 4.78 is 87.5. The van der Waals surface area contributed by atoms with Crippen molar-refractivity contribution in [3.63, 3.8) is 0 Å². The van der Waals surface area contributed by atoms with Crippen LogP contribution in [0.1, 0.15) is 51.9 Å². The number of carbonyl (C=O) groups excluding carboxylic acids is 1. The molecule has 0 aromatic heterocycles. The summed E-state index contributed by atoms with van der Waals surface area (Å²) in [6, 6.07) is 22.3. The number of morpholine rings is 1. The first kappa shape index (κ1) is 34.7. The lowest BCUT2D eigenvalue weighted by molar-refractivity contribution is -0.277. The van der Waals surface area contributed by atoms with Gasteiger partial charge in [-0.25, -0.2) is 22.0 Å². The molecule has 4 aromatic carbocycles. The van der Waals surface area contributed by atoms with Crippen LogP contribution in [0.3, 0.4) is 0 Å². The molecule has 4 aromatic rings. The van der Waals surface area contributed by atoms with E-state index in [0.29, 0.717) is 18.8 Å². The summed E-state index contributed by atoms with van der Waals surface area (Å²) in [5.41, 5.74) is 3.20. The number of ether oxygens (including phenoxy) is 3. The lowest BCUT2D eigenvalue weighted by Gasteiger charge is -2.43. The van der Waals surface area contributed by atoms with Crippen molar-refractivity contribution in [2.75, 3.05) is 32.8 Å². The van der Waals surface area contributed by atoms with E-state index in [2.05, 4.69) is 17.1 Å². The highest BCUT2D eigenvalue weighted by Gasteiger charge is 2.39. The zero-order valence-electron chi connectivity index (χ0n) is 26.6. The molecule has 2 aliphatic heterocycles. The van der Waals surface area contributed by atoms with Crippen molar-refractivity contribution in [2.24, 2.45) is 5.92 Å². The van der Waals surface area contributed by atoms with Gasteiger partial charge in [0.15, 0.2) is 29.6 Å². The molecule has 2 N–H and O–H groups in total. The molecule has 0 spiro atoms. The number of rotatable bonds is 9. The minimum atomic E-state index is -2.33. The van der Waals surface area contributed by atoms with Gasteiger partial charge in [0.2, 0.25) is 5.82 Å². The normalized spacial score (nSPS) is 21.4. The van der Waals surface area contributed by atoms with Gasteiger partial charge < -0.3 is 24.6 Å². The largest absolute Gasteiger partial charge is 0.392 e. The molecule has 7 nitrogen and oxygen atoms in total. The highest BCUT2D eigenvalue weighted by atomic mass is 19.2. The average molecular weight is 683 g/mol. The molecule has 2 saturated heterocycles. The van der Waals surface area contributed by atoms with Crippen LogP contribution in [0.5, 0.6) is 0 Å². The van der Waals surface area contributed by atoms with E-state index in [1.165, 1.54) is 0 Å². The average Bonchev–Trinajstić information content (AvgIpc) is 3.14. The second-order valence-corrected chi connectivity index (χ2v) is 12.2. The molecule has 0 saturated carbocycles. The molecular formula is C37H35F5N2O5. The van der Waals surface area contributed by atoms with E-state index in [0.717, 1.165) is 47.5 Å². The first-order chi connectivity index (χ1) is 23.6. The summed E-state index contributed by atoms with van der Waals surface area (Å²) in [6.07, 6.45) is -1.04. The molecule has 258 valence electrons. The lowest BCUT2D eigenvalue weighted by atomic mass is 9.90. The van der Waals surface area contributed by atoms with Gasteiger partial charge in [-0.3, -0.25) is 9.69 Å². The first-order valence-corrected chi connectivity index (χ1v) is 15.9. The maximum absolute atomic E-state index is 14.1. The molecule has 2 heterocycles. The molecule has 0 bridgehead atoms. The van der Waals surface area contributed by atoms with Gasteiger partial charge in [0.05, 0.1) is 32.0 Å². The van der Waals surface area contributed by atoms with Gasteiger partial charge in [-0.1, -0.05) is 73.7 Å². The van der Waals surface area contributed by atoms with Crippen LogP contribution in [0.15, 0.2) is 72.8 Å². The minimum Gasteiger partial charge on any atom is -0.392 e. The van der Waals surface area contributed by atoms with Crippen molar-refractivity contribution >= 4 is 5.91 Å². The van der Waals surface area contributed by atoms with E-state index in [-0.39, 0.29) is 31.3 Å². The molecule has 0 aliphatic carbocycles. The molecule has 0 radical (unpaired) electrons. The number of aliphatic hydroxyl groups excluding tert-OH is 1. The molecule has 12 heteroatoms. The van der Waals surface area contributed by atoms with Crippen LogP contribution in [0.25, 0.3) is 11.1 Å². The number of benzene rings is 4. The lowest BCUT2D eigenvalue weighted by Crippen LogP contribution is -2.47. The number of halogens is 5. The van der Waals surface area contributed by atoms with Crippen molar-refractivity contribution in [2.45, 2.75) is 38.6 Å². The Bertz CT molecular complexity index is 1750. The van der Waals surface area contributed by atoms with Crippen molar-refractivity contribution in [1.29, 1.82) is 0 Å². The predicted molar refractivity (Wildman–Crippen MR) is 170 cm³/mol. The van der Waals surface area contributed by atoms with Crippen molar-refractivity contribution in [3.05, 3.63) is 130 Å². The number of hydrogen-bond donors (Lipinski definition) is 2. The van der Waals surface area contributed by atoms with E-state index in [1.54, 1.807) is 18.2 Å². The maximum atomic E-state index is 14.1. The Kier molecular flexibility index (Phi) is 10.7. The standard InChI is InChI=1S/C37H35F5N2O5/c1-21-28(19-44-13-15-47-16-14-44)48-37(49-35(21)25-7-5-22(20-45)6-8-25)26-11-9-24(10-12-26)27-4-2-3-23(17-27)18-43-36(46)29-30(38)32(40)34(42)33(41)31(29)39/h2-12,17,21,28,35,37,45H,13-16,18-20H2,1H3,(H,43,46). The van der Waals surface area contributed by atoms with Crippen LogP contribution in [0.4, 0.5) is 22.0 Å². The summed E-state index contributed by atoms with van der Waals surface area (Å²) in [4.78, 5) is 14.8. The van der Waals surface area contributed by atoms with Gasteiger partial charge >= 0.3 is 0 Å². The third kappa shape index (κ3) is 7.53. The summed E-state index contributed by atoms with van der Waals surface area (Å²) in [5.74, 6) is -12.5. The number of nitrogens with zero attached hydrogens (tertiary/aromatic N) is 1. The number of hydrogen-bond acceptors (Lipinski definition) is 6. The SMILES string of the molecule is CC1C(CN2CCOCC2)OC(c2ccc(-c3cccc(CNC(=O)c4c(F)c(F)c(F)c(F)c4F)c3)cc2)OC1c1ccc(CO)cc1. The monoisotopic (exact) mass is 682 g/mol. The maximum Gasteiger partial charge on any atom is 0.257 e. The summed E-state index contributed by atoms with van der Waals surface area (Å²) >= 11 is 0. The predicted octanol–water partition coefficient (Wildman–Crippen LogP) is 6.60. The second kappa shape index (κ2) is 15.1. The molecule has 49 heavy (non-hydrogen) atoms. The van der Waals surface area contributed by atoms with E-state index in [4.69, 9.17) is 14.2 Å². The smallest absolute Gasteiger partial charge is 0.257 e. The second-order valence-electron chi connectivity index (χ2n) is 12.2. The van der Waals surface area contributed by atoms with Crippen molar-refractivity contribution in [3.8, 4) is 11.1 Å². The van der Waals surface area contributed by atoms with Gasteiger partial charge in [0.25, 0.3) is 5.91 Å². The Balaban J connectivity index is 1.18. The Morgan fingerprint density at radius 3 is 2.08 bits per heavy atom. The van der Waals surface area contributed by atoms with Crippen LogP contribution >= 0.6 is 0 Å². The van der Waals surface area contributed by atoms with Gasteiger partial charge in [0.1, 0.15) is 5.56 Å². The molecule has 2 aliphatic rings. The van der Waals surface area contributed by atoms with Crippen LogP contribution in [-0.2, 0) is 27.4 Å². The topological polar surface area (TPSA) is 80.3 Å². The van der Waals surface area contributed by atoms with E-state index < -0.39 is 46.8 Å². The molecule has 6 rings (SSSR count). The Hall–Kier alpha value is -4.20. The third-order valence-electron chi connectivity index (χ3n) is 9.00. The number of carbonyl (C=O) groups is 1. The van der Waals surface area contributed by atoms with Crippen molar-refractivity contribution in [1.82, 2.24) is 10.2 Å². The summed E-state index contributed by atoms with van der Waals surface area (Å²) in [7, 11) is 0. The van der Waals surface area contributed by atoms with Crippen LogP contribution in [0.2, 0.25) is 0 Å². The van der Waals surface area contributed by atoms with Gasteiger partial charge in [-0.15, -0.1) is 0 Å². The van der Waals surface area contributed by atoms with Crippen LogP contribution in [-0.4, -0.2) is 54.9 Å². The first-order valence-electron chi connectivity index (χ1n) is 15.9. The number of nitrogens with one attached hydrogen (secondary N) is 1. The van der Waals surface area contributed by atoms with Gasteiger partial charge in [0, 0.05) is 37.7 Å². The molecular weight excluding hydrogens is 647 g/mol. The quantitative estimate of drug-likeness (QED) is 0.118. The fourth-order valence-corrected chi connectivity index (χ4v) is 6.13.